The molecule has 110 valence electrons. The maximum Gasteiger partial charge on any atom is 0.311 e. The Hall–Kier alpha value is -1.85. The number of anilines is 1. The molecule has 1 aliphatic rings. The van der Waals surface area contributed by atoms with Crippen LogP contribution in [0.2, 0.25) is 0 Å². The molecule has 1 aliphatic carbocycles. The molecule has 0 saturated heterocycles. The number of ether oxygens (including phenoxy) is 1. The molecular formula is C14H21N3O3. The van der Waals surface area contributed by atoms with E-state index < -0.39 is 0 Å². The van der Waals surface area contributed by atoms with Gasteiger partial charge in [0.15, 0.2) is 0 Å². The topological polar surface area (TPSA) is 68.5 Å². The number of methoxy groups -OCH3 is 1. The fraction of sp³-hybridized carbons (Fsp3) is 0.643. The molecule has 1 heterocycles. The van der Waals surface area contributed by atoms with E-state index in [4.69, 9.17) is 4.74 Å². The highest BCUT2D eigenvalue weighted by atomic mass is 16.6. The Morgan fingerprint density at radius 2 is 2.10 bits per heavy atom. The molecule has 6 nitrogen and oxygen atoms in total. The molecule has 0 aliphatic heterocycles. The summed E-state index contributed by atoms with van der Waals surface area (Å²) in [5.74, 6) is 0.851. The zero-order valence-corrected chi connectivity index (χ0v) is 12.0. The lowest BCUT2D eigenvalue weighted by molar-refractivity contribution is -0.384. The van der Waals surface area contributed by atoms with Crippen molar-refractivity contribution in [3.05, 3.63) is 22.2 Å². The van der Waals surface area contributed by atoms with E-state index in [-0.39, 0.29) is 10.6 Å². The highest BCUT2D eigenvalue weighted by Crippen LogP contribution is 2.33. The summed E-state index contributed by atoms with van der Waals surface area (Å²) in [4.78, 5) is 17.2. The first-order valence-corrected chi connectivity index (χ1v) is 7.13. The van der Waals surface area contributed by atoms with E-state index in [0.29, 0.717) is 24.3 Å². The summed E-state index contributed by atoms with van der Waals surface area (Å²) in [7, 11) is 1.52. The maximum atomic E-state index is 11.2. The number of hydrogen-bond donors (Lipinski definition) is 0. The molecule has 0 radical (unpaired) electrons. The van der Waals surface area contributed by atoms with Crippen molar-refractivity contribution < 1.29 is 9.66 Å². The minimum absolute atomic E-state index is 0.0539. The largest absolute Gasteiger partial charge is 0.481 e. The standard InChI is InChI=1S/C14H21N3O3/c1-3-16(11-7-5-4-6-8-11)14-12(17(18)19)9-10-13(15-14)20-2/h9-11H,3-8H2,1-2H3. The second-order valence-electron chi connectivity index (χ2n) is 5.03. The fourth-order valence-corrected chi connectivity index (χ4v) is 2.86. The predicted octanol–water partition coefficient (Wildman–Crippen LogP) is 3.16. The molecule has 1 aromatic heterocycles. The van der Waals surface area contributed by atoms with Crippen LogP contribution in [0.4, 0.5) is 11.5 Å². The molecule has 0 bridgehead atoms. The molecule has 1 fully saturated rings. The van der Waals surface area contributed by atoms with Gasteiger partial charge in [-0.25, -0.2) is 0 Å². The summed E-state index contributed by atoms with van der Waals surface area (Å²) in [6, 6.07) is 3.36. The molecule has 2 rings (SSSR count). The van der Waals surface area contributed by atoms with E-state index >= 15 is 0 Å². The Bertz CT molecular complexity index is 473. The van der Waals surface area contributed by atoms with Crippen LogP contribution < -0.4 is 9.64 Å². The van der Waals surface area contributed by atoms with Gasteiger partial charge in [-0.05, 0) is 19.8 Å². The van der Waals surface area contributed by atoms with Crippen molar-refractivity contribution >= 4 is 11.5 Å². The Balaban J connectivity index is 2.37. The van der Waals surface area contributed by atoms with Crippen LogP contribution in [0.1, 0.15) is 39.0 Å². The highest BCUT2D eigenvalue weighted by molar-refractivity contribution is 5.59. The van der Waals surface area contributed by atoms with E-state index in [0.717, 1.165) is 12.8 Å². The van der Waals surface area contributed by atoms with Gasteiger partial charge >= 0.3 is 5.69 Å². The summed E-state index contributed by atoms with van der Waals surface area (Å²) in [6.07, 6.45) is 5.76. The van der Waals surface area contributed by atoms with Gasteiger partial charge in [-0.3, -0.25) is 10.1 Å². The molecule has 1 saturated carbocycles. The quantitative estimate of drug-likeness (QED) is 0.611. The number of aromatic nitrogens is 1. The third-order valence-electron chi connectivity index (χ3n) is 3.86. The number of pyridine rings is 1. The van der Waals surface area contributed by atoms with E-state index in [1.165, 1.54) is 38.5 Å². The summed E-state index contributed by atoms with van der Waals surface area (Å²) >= 11 is 0. The van der Waals surface area contributed by atoms with E-state index in [2.05, 4.69) is 9.88 Å². The molecule has 0 atom stereocenters. The van der Waals surface area contributed by atoms with Gasteiger partial charge in [0.1, 0.15) is 0 Å². The van der Waals surface area contributed by atoms with Crippen molar-refractivity contribution in [1.29, 1.82) is 0 Å². The predicted molar refractivity (Wildman–Crippen MR) is 77.3 cm³/mol. The molecule has 0 unspecified atom stereocenters. The van der Waals surface area contributed by atoms with Crippen LogP contribution in [0.25, 0.3) is 0 Å². The van der Waals surface area contributed by atoms with Gasteiger partial charge in [0.05, 0.1) is 12.0 Å². The average molecular weight is 279 g/mol. The van der Waals surface area contributed by atoms with Crippen LogP contribution in [0, 0.1) is 10.1 Å². The maximum absolute atomic E-state index is 11.2. The van der Waals surface area contributed by atoms with Crippen molar-refractivity contribution in [3.8, 4) is 5.88 Å². The first-order chi connectivity index (χ1) is 9.67. The average Bonchev–Trinajstić information content (AvgIpc) is 2.48. The van der Waals surface area contributed by atoms with Crippen molar-refractivity contribution in [2.45, 2.75) is 45.1 Å². The zero-order chi connectivity index (χ0) is 14.5. The Kier molecular flexibility index (Phi) is 4.76. The monoisotopic (exact) mass is 279 g/mol. The lowest BCUT2D eigenvalue weighted by Gasteiger charge is -2.34. The molecule has 1 aromatic rings. The number of hydrogen-bond acceptors (Lipinski definition) is 5. The van der Waals surface area contributed by atoms with Gasteiger partial charge in [-0.1, -0.05) is 19.3 Å². The van der Waals surface area contributed by atoms with Crippen LogP contribution in [-0.4, -0.2) is 29.6 Å². The molecule has 0 aromatic carbocycles. The second-order valence-corrected chi connectivity index (χ2v) is 5.03. The van der Waals surface area contributed by atoms with Gasteiger partial charge < -0.3 is 9.64 Å². The SMILES string of the molecule is CCN(c1nc(OC)ccc1[N+](=O)[O-])C1CCCCC1. The third kappa shape index (κ3) is 3.00. The molecule has 6 heteroatoms. The minimum Gasteiger partial charge on any atom is -0.481 e. The van der Waals surface area contributed by atoms with Gasteiger partial charge in [0, 0.05) is 24.7 Å². The molecule has 0 amide bonds. The normalized spacial score (nSPS) is 15.9. The van der Waals surface area contributed by atoms with E-state index in [1.807, 2.05) is 6.92 Å². The zero-order valence-electron chi connectivity index (χ0n) is 12.0. The van der Waals surface area contributed by atoms with Crippen LogP contribution in [0.3, 0.4) is 0 Å². The first-order valence-electron chi connectivity index (χ1n) is 7.13. The minimum atomic E-state index is -0.368. The summed E-state index contributed by atoms with van der Waals surface area (Å²) in [5.41, 5.74) is 0.0539. The van der Waals surface area contributed by atoms with Crippen molar-refractivity contribution in [2.75, 3.05) is 18.6 Å². The molecule has 0 N–H and O–H groups in total. The van der Waals surface area contributed by atoms with Crippen molar-refractivity contribution in [2.24, 2.45) is 0 Å². The number of nitrogens with zero attached hydrogens (tertiary/aromatic N) is 3. The molecule has 20 heavy (non-hydrogen) atoms. The smallest absolute Gasteiger partial charge is 0.311 e. The Morgan fingerprint density at radius 3 is 2.65 bits per heavy atom. The summed E-state index contributed by atoms with van der Waals surface area (Å²) in [6.45, 7) is 2.73. The Morgan fingerprint density at radius 1 is 1.40 bits per heavy atom. The summed E-state index contributed by atoms with van der Waals surface area (Å²) in [5, 5.41) is 11.2. The molecule has 0 spiro atoms. The fourth-order valence-electron chi connectivity index (χ4n) is 2.86. The van der Waals surface area contributed by atoms with Crippen LogP contribution in [-0.2, 0) is 0 Å². The van der Waals surface area contributed by atoms with Crippen LogP contribution in [0.5, 0.6) is 5.88 Å². The van der Waals surface area contributed by atoms with Gasteiger partial charge in [-0.15, -0.1) is 0 Å². The van der Waals surface area contributed by atoms with Gasteiger partial charge in [-0.2, -0.15) is 4.98 Å². The lowest BCUT2D eigenvalue weighted by Crippen LogP contribution is -2.37. The summed E-state index contributed by atoms with van der Waals surface area (Å²) < 4.78 is 5.11. The Labute approximate surface area is 118 Å². The number of nitro groups is 1. The first kappa shape index (κ1) is 14.6. The van der Waals surface area contributed by atoms with E-state index in [9.17, 15) is 10.1 Å². The van der Waals surface area contributed by atoms with Crippen molar-refractivity contribution in [1.82, 2.24) is 4.98 Å². The molecular weight excluding hydrogens is 258 g/mol. The van der Waals surface area contributed by atoms with Crippen LogP contribution in [0.15, 0.2) is 12.1 Å². The van der Waals surface area contributed by atoms with E-state index in [1.54, 1.807) is 0 Å². The van der Waals surface area contributed by atoms with Crippen LogP contribution >= 0.6 is 0 Å². The number of rotatable bonds is 5. The second kappa shape index (κ2) is 6.54. The van der Waals surface area contributed by atoms with Gasteiger partial charge in [0.2, 0.25) is 11.7 Å². The van der Waals surface area contributed by atoms with Gasteiger partial charge in [0.25, 0.3) is 0 Å². The lowest BCUT2D eigenvalue weighted by atomic mass is 9.94. The highest BCUT2D eigenvalue weighted by Gasteiger charge is 2.27. The third-order valence-corrected chi connectivity index (χ3v) is 3.86. The van der Waals surface area contributed by atoms with Crippen molar-refractivity contribution in [3.63, 3.8) is 0 Å².